The molecule has 2 aromatic rings. The Kier molecular flexibility index (Phi) is 4.86. The molecule has 0 amide bonds. The SMILES string of the molecule is O=Cc1ccc(Sc2ccc(Cl)c(Cl)c2)cc1C(F)(F)F. The molecule has 0 atom stereocenters. The number of alkyl halides is 3. The molecule has 0 aliphatic carbocycles. The molecule has 0 aromatic heterocycles. The van der Waals surface area contributed by atoms with Crippen molar-refractivity contribution in [3.63, 3.8) is 0 Å². The molecule has 7 heteroatoms. The van der Waals surface area contributed by atoms with Crippen LogP contribution in [0.3, 0.4) is 0 Å². The van der Waals surface area contributed by atoms with Gasteiger partial charge in [0.25, 0.3) is 0 Å². The van der Waals surface area contributed by atoms with Crippen molar-refractivity contribution in [3.05, 3.63) is 57.6 Å². The molecule has 0 fully saturated rings. The first-order chi connectivity index (χ1) is 9.81. The largest absolute Gasteiger partial charge is 0.417 e. The summed E-state index contributed by atoms with van der Waals surface area (Å²) in [6.45, 7) is 0. The van der Waals surface area contributed by atoms with Gasteiger partial charge in [-0.05, 0) is 36.4 Å². The van der Waals surface area contributed by atoms with Gasteiger partial charge in [-0.15, -0.1) is 0 Å². The summed E-state index contributed by atoms with van der Waals surface area (Å²) in [5.74, 6) is 0. The number of halogens is 5. The third kappa shape index (κ3) is 3.93. The summed E-state index contributed by atoms with van der Waals surface area (Å²) in [5, 5.41) is 0.690. The number of carbonyl (C=O) groups excluding carboxylic acids is 1. The Morgan fingerprint density at radius 1 is 0.952 bits per heavy atom. The first-order valence-corrected chi connectivity index (χ1v) is 7.18. The Morgan fingerprint density at radius 3 is 2.14 bits per heavy atom. The summed E-state index contributed by atoms with van der Waals surface area (Å²) in [5.41, 5.74) is -1.34. The molecule has 110 valence electrons. The molecule has 0 radical (unpaired) electrons. The van der Waals surface area contributed by atoms with Crippen molar-refractivity contribution in [3.8, 4) is 0 Å². The third-order valence-electron chi connectivity index (χ3n) is 2.58. The van der Waals surface area contributed by atoms with Crippen LogP contribution in [0.5, 0.6) is 0 Å². The molecule has 0 saturated carbocycles. The standard InChI is InChI=1S/C14H7Cl2F3OS/c15-12-4-3-10(6-13(12)16)21-9-2-1-8(7-20)11(5-9)14(17,18)19/h1-7H. The van der Waals surface area contributed by atoms with E-state index in [-0.39, 0.29) is 11.8 Å². The fourth-order valence-corrected chi connectivity index (χ4v) is 2.88. The van der Waals surface area contributed by atoms with Gasteiger partial charge in [-0.1, -0.05) is 35.0 Å². The lowest BCUT2D eigenvalue weighted by atomic mass is 10.1. The van der Waals surface area contributed by atoms with Gasteiger partial charge in [0.05, 0.1) is 15.6 Å². The minimum absolute atomic E-state index is 0.191. The summed E-state index contributed by atoms with van der Waals surface area (Å²) in [6, 6.07) is 8.32. The zero-order valence-corrected chi connectivity index (χ0v) is 12.6. The van der Waals surface area contributed by atoms with Gasteiger partial charge in [0.2, 0.25) is 0 Å². The molecule has 0 unspecified atom stereocenters. The summed E-state index contributed by atoms with van der Waals surface area (Å²) in [7, 11) is 0. The monoisotopic (exact) mass is 350 g/mol. The maximum atomic E-state index is 12.9. The normalized spacial score (nSPS) is 11.5. The van der Waals surface area contributed by atoms with Crippen LogP contribution in [0, 0.1) is 0 Å². The Balaban J connectivity index is 2.36. The Labute approximate surface area is 133 Å². The van der Waals surface area contributed by atoms with E-state index in [1.165, 1.54) is 6.07 Å². The van der Waals surface area contributed by atoms with E-state index < -0.39 is 11.7 Å². The molecule has 0 saturated heterocycles. The quantitative estimate of drug-likeness (QED) is 0.633. The van der Waals surface area contributed by atoms with Crippen LogP contribution in [0.15, 0.2) is 46.2 Å². The van der Waals surface area contributed by atoms with Crippen LogP contribution < -0.4 is 0 Å². The maximum Gasteiger partial charge on any atom is 0.417 e. The van der Waals surface area contributed by atoms with Gasteiger partial charge >= 0.3 is 6.18 Å². The lowest BCUT2D eigenvalue weighted by molar-refractivity contribution is -0.138. The molecule has 0 N–H and O–H groups in total. The molecule has 21 heavy (non-hydrogen) atoms. The van der Waals surface area contributed by atoms with Crippen molar-refractivity contribution in [2.24, 2.45) is 0 Å². The number of rotatable bonds is 3. The van der Waals surface area contributed by atoms with E-state index >= 15 is 0 Å². The average Bonchev–Trinajstić information content (AvgIpc) is 2.42. The van der Waals surface area contributed by atoms with Gasteiger partial charge < -0.3 is 0 Å². The van der Waals surface area contributed by atoms with Gasteiger partial charge in [-0.25, -0.2) is 0 Å². The smallest absolute Gasteiger partial charge is 0.298 e. The summed E-state index contributed by atoms with van der Waals surface area (Å²) >= 11 is 12.7. The highest BCUT2D eigenvalue weighted by molar-refractivity contribution is 7.99. The van der Waals surface area contributed by atoms with Crippen LogP contribution in [0.1, 0.15) is 15.9 Å². The van der Waals surface area contributed by atoms with Gasteiger partial charge in [-0.2, -0.15) is 13.2 Å². The number of hydrogen-bond acceptors (Lipinski definition) is 2. The minimum atomic E-state index is -4.58. The third-order valence-corrected chi connectivity index (χ3v) is 4.30. The number of benzene rings is 2. The van der Waals surface area contributed by atoms with E-state index in [0.29, 0.717) is 19.8 Å². The Bertz CT molecular complexity index is 686. The second kappa shape index (κ2) is 6.30. The van der Waals surface area contributed by atoms with E-state index in [1.54, 1.807) is 18.2 Å². The van der Waals surface area contributed by atoms with Gasteiger partial charge in [0.15, 0.2) is 6.29 Å². The fourth-order valence-electron chi connectivity index (χ4n) is 1.62. The number of hydrogen-bond donors (Lipinski definition) is 0. The van der Waals surface area contributed by atoms with E-state index in [0.717, 1.165) is 23.9 Å². The minimum Gasteiger partial charge on any atom is -0.298 e. The van der Waals surface area contributed by atoms with Crippen LogP contribution >= 0.6 is 35.0 Å². The first-order valence-electron chi connectivity index (χ1n) is 5.60. The Hall–Kier alpha value is -1.17. The molecule has 1 nitrogen and oxygen atoms in total. The van der Waals surface area contributed by atoms with Crippen molar-refractivity contribution in [2.45, 2.75) is 16.0 Å². The van der Waals surface area contributed by atoms with E-state index in [1.807, 2.05) is 0 Å². The average molecular weight is 351 g/mol. The van der Waals surface area contributed by atoms with Crippen LogP contribution in [0.25, 0.3) is 0 Å². The predicted molar refractivity (Wildman–Crippen MR) is 77.4 cm³/mol. The zero-order valence-electron chi connectivity index (χ0n) is 10.2. The molecule has 2 rings (SSSR count). The van der Waals surface area contributed by atoms with Crippen molar-refractivity contribution in [2.75, 3.05) is 0 Å². The molecule has 0 aliphatic heterocycles. The molecule has 0 bridgehead atoms. The topological polar surface area (TPSA) is 17.1 Å². The second-order valence-corrected chi connectivity index (χ2v) is 6.00. The van der Waals surface area contributed by atoms with Gasteiger partial charge in [0.1, 0.15) is 0 Å². The van der Waals surface area contributed by atoms with Crippen LogP contribution in [0.4, 0.5) is 13.2 Å². The lowest BCUT2D eigenvalue weighted by Crippen LogP contribution is -2.08. The zero-order chi connectivity index (χ0) is 15.6. The molecule has 0 spiro atoms. The molecular formula is C14H7Cl2F3OS. The summed E-state index contributed by atoms with van der Waals surface area (Å²) in [4.78, 5) is 11.7. The van der Waals surface area contributed by atoms with Crippen molar-refractivity contribution in [1.29, 1.82) is 0 Å². The Morgan fingerprint density at radius 2 is 1.57 bits per heavy atom. The van der Waals surface area contributed by atoms with Gasteiger partial charge in [-0.3, -0.25) is 4.79 Å². The highest BCUT2D eigenvalue weighted by Crippen LogP contribution is 2.37. The second-order valence-electron chi connectivity index (χ2n) is 4.04. The number of aldehydes is 1. The highest BCUT2D eigenvalue weighted by atomic mass is 35.5. The molecule has 2 aromatic carbocycles. The molecule has 0 heterocycles. The predicted octanol–water partition coefficient (Wildman–Crippen LogP) is 5.98. The number of carbonyl (C=O) groups is 1. The maximum absolute atomic E-state index is 12.9. The molecule has 0 aliphatic rings. The summed E-state index contributed by atoms with van der Waals surface area (Å²) < 4.78 is 38.6. The first kappa shape index (κ1) is 16.2. The molecular weight excluding hydrogens is 344 g/mol. The van der Waals surface area contributed by atoms with Crippen LogP contribution in [0.2, 0.25) is 10.0 Å². The van der Waals surface area contributed by atoms with Gasteiger partial charge in [0, 0.05) is 15.4 Å². The highest BCUT2D eigenvalue weighted by Gasteiger charge is 2.33. The van der Waals surface area contributed by atoms with Crippen molar-refractivity contribution < 1.29 is 18.0 Å². The van der Waals surface area contributed by atoms with Crippen molar-refractivity contribution >= 4 is 41.2 Å². The summed E-state index contributed by atoms with van der Waals surface area (Å²) in [6.07, 6.45) is -4.39. The fraction of sp³-hybridized carbons (Fsp3) is 0.0714. The lowest BCUT2D eigenvalue weighted by Gasteiger charge is -2.11. The van der Waals surface area contributed by atoms with Crippen LogP contribution in [-0.2, 0) is 6.18 Å². The van der Waals surface area contributed by atoms with E-state index in [2.05, 4.69) is 0 Å². The van der Waals surface area contributed by atoms with E-state index in [9.17, 15) is 18.0 Å². The van der Waals surface area contributed by atoms with E-state index in [4.69, 9.17) is 23.2 Å². The van der Waals surface area contributed by atoms with Crippen molar-refractivity contribution in [1.82, 2.24) is 0 Å². The van der Waals surface area contributed by atoms with Crippen LogP contribution in [-0.4, -0.2) is 6.29 Å².